The van der Waals surface area contributed by atoms with Crippen LogP contribution >= 0.6 is 0 Å². The fraction of sp³-hybridized carbons (Fsp3) is 0.591. The molecule has 0 aliphatic carbocycles. The molecule has 9 heteroatoms. The van der Waals surface area contributed by atoms with Crippen molar-refractivity contribution >= 4 is 34.1 Å². The van der Waals surface area contributed by atoms with Gasteiger partial charge in [0.15, 0.2) is 0 Å². The minimum atomic E-state index is 0.612. The van der Waals surface area contributed by atoms with Crippen LogP contribution in [-0.2, 0) is 77.4 Å². The van der Waals surface area contributed by atoms with Gasteiger partial charge in [-0.3, -0.25) is 14.7 Å². The minimum absolute atomic E-state index is 0.612. The van der Waals surface area contributed by atoms with Gasteiger partial charge in [-0.1, -0.05) is 252 Å². The molecule has 0 saturated carbocycles. The van der Waals surface area contributed by atoms with E-state index in [0.717, 1.165) is 19.6 Å². The van der Waals surface area contributed by atoms with Crippen molar-refractivity contribution in [3.63, 3.8) is 0 Å². The molecule has 0 fully saturated rings. The van der Waals surface area contributed by atoms with E-state index in [1.165, 1.54) is 231 Å². The van der Waals surface area contributed by atoms with Gasteiger partial charge in [0.05, 0.1) is 0 Å². The van der Waals surface area contributed by atoms with Crippen LogP contribution in [0.3, 0.4) is 0 Å². The molecule has 0 N–H and O–H groups in total. The molecule has 9 aliphatic rings. The zero-order valence-electron chi connectivity index (χ0n) is 96.5. The van der Waals surface area contributed by atoms with E-state index < -0.39 is 0 Å². The van der Waals surface area contributed by atoms with Gasteiger partial charge in [-0.05, 0) is 408 Å². The molecule has 18 rings (SSSR count). The zero-order chi connectivity index (χ0) is 103. The van der Waals surface area contributed by atoms with Crippen molar-refractivity contribution in [2.45, 2.75) is 454 Å². The largest absolute Gasteiger partial charge is 0.369 e. The Balaban J connectivity index is 0.000000163. The van der Waals surface area contributed by atoms with E-state index in [9.17, 15) is 0 Å². The highest BCUT2D eigenvalue weighted by Gasteiger charge is 2.31. The molecule has 0 spiro atoms. The van der Waals surface area contributed by atoms with E-state index in [0.29, 0.717) is 108 Å². The van der Waals surface area contributed by atoms with Crippen molar-refractivity contribution in [2.75, 3.05) is 88.3 Å². The summed E-state index contributed by atoms with van der Waals surface area (Å²) in [6, 6.07) is 68.2. The molecule has 0 aromatic heterocycles. The molecule has 141 heavy (non-hydrogen) atoms. The summed E-state index contributed by atoms with van der Waals surface area (Å²) in [7, 11) is 0. The lowest BCUT2D eigenvalue weighted by molar-refractivity contribution is 0.203. The first-order valence-electron chi connectivity index (χ1n) is 56.7. The molecule has 0 amide bonds. The number of rotatable bonds is 18. The third-order valence-electron chi connectivity index (χ3n) is 31.7. The van der Waals surface area contributed by atoms with Gasteiger partial charge in [0.2, 0.25) is 0 Å². The Morgan fingerprint density at radius 2 is 0.433 bits per heavy atom. The van der Waals surface area contributed by atoms with E-state index >= 15 is 0 Å². The van der Waals surface area contributed by atoms with Crippen molar-refractivity contribution in [1.29, 1.82) is 0 Å². The highest BCUT2D eigenvalue weighted by molar-refractivity contribution is 5.65. The van der Waals surface area contributed by atoms with Gasteiger partial charge in [0.25, 0.3) is 0 Å². The molecule has 774 valence electrons. The maximum atomic E-state index is 2.56. The maximum Gasteiger partial charge on any atom is 0.0404 e. The first-order chi connectivity index (χ1) is 66.8. The summed E-state index contributed by atoms with van der Waals surface area (Å²) >= 11 is 0. The topological polar surface area (TPSA) is 29.2 Å². The molecular weight excluding hydrogens is 1710 g/mol. The average molecular weight is 1910 g/mol. The van der Waals surface area contributed by atoms with Crippen LogP contribution in [-0.4, -0.2) is 128 Å². The third-order valence-corrected chi connectivity index (χ3v) is 31.7. The smallest absolute Gasteiger partial charge is 0.0404 e. The second kappa shape index (κ2) is 53.7. The average Bonchev–Trinajstić information content (AvgIpc) is 1.76. The summed E-state index contributed by atoms with van der Waals surface area (Å²) in [4.78, 5) is 22.8. The van der Waals surface area contributed by atoms with Gasteiger partial charge in [0, 0.05) is 167 Å². The van der Waals surface area contributed by atoms with Crippen molar-refractivity contribution in [1.82, 2.24) is 14.7 Å². The lowest BCUT2D eigenvalue weighted by Gasteiger charge is -2.36. The molecule has 0 unspecified atom stereocenters. The van der Waals surface area contributed by atoms with Crippen molar-refractivity contribution in [3.05, 3.63) is 281 Å². The fourth-order valence-corrected chi connectivity index (χ4v) is 22.5. The Labute approximate surface area is 865 Å². The molecule has 9 nitrogen and oxygen atoms in total. The SMILES string of the molecule is CC(C)c1ccc2c(c1)CCCN2C(C)C.CC(C)c1ccc2c(c1)CCN(C(C)C)C2.CC(C)c1ccc2c(c1)CCN2C(C)C.CC(C)c1ccc2c(c1)CN(C(C)C)CC2.CC(C)c1ccc2c(c1)N(C(C)C)CC2.CC(C)c1ccc2c(c1)N(C(C)C)CCC2.CC(C)c1cccc2c1CCCN2C(C)C.CC(C)c1cccc2c1CCN(C(C)C)C2.CC(C)c1cccc2c1CCN2C(C)C. The van der Waals surface area contributed by atoms with Crippen LogP contribution in [0, 0.1) is 0 Å². The number of fused-ring (bicyclic) bond motifs is 9. The summed E-state index contributed by atoms with van der Waals surface area (Å²) in [6.07, 6.45) is 15.0. The maximum absolute atomic E-state index is 2.56. The molecule has 0 atom stereocenters. The van der Waals surface area contributed by atoms with Crippen molar-refractivity contribution in [2.24, 2.45) is 0 Å². The summed E-state index contributed by atoms with van der Waals surface area (Å²) in [6.45, 7) is 96.3. The standard InChI is InChI=1S/6C15H23N.3C14H21N/c1-11(2)13-7-5-9-15-14(13)8-6-10-16(15)12(3)4;1-11(2)13-5-6-15-10-16(12(3)4)8-7-14(15)9-13;1-11(2)14-6-5-13-7-8-16(12(3)4)10-15(13)9-14;1-11(2)13-7-8-15-14(10-13)6-5-9-16(15)12(3)4;1-11(2)14-8-7-13-6-5-9-16(12(3)4)15(13)10-14;1-11(2)14-7-5-6-13-10-16(12(3)4)9-8-15(13)14;1-10(2)12-5-6-14-13(9-12)7-8-15(14)11(3)4;1-10(2)13-6-5-12-7-8-15(11(3)4)14(12)9-13;1-10(2)12-6-5-7-14-13(12)8-9-15(14)11(3)4/h5,7,9,11-12H,6,8,10H2,1-4H3;2*5-6,9,11-12H,7-8,10H2,1-4H3;2*7-8,10-12H,5-6,9H2,1-4H3;5-7,11-12H,8-10H2,1-4H3;2*5-6,9-11H,7-8H2,1-4H3;5-7,10-11H,8-9H2,1-4H3. The molecule has 9 aromatic carbocycles. The van der Waals surface area contributed by atoms with Crippen molar-refractivity contribution < 1.29 is 0 Å². The molecule has 0 saturated heterocycles. The number of benzene rings is 9. The third kappa shape index (κ3) is 30.9. The molecule has 0 radical (unpaired) electrons. The number of anilines is 6. The summed E-state index contributed by atoms with van der Waals surface area (Å²) < 4.78 is 0. The van der Waals surface area contributed by atoms with Gasteiger partial charge in [-0.25, -0.2) is 0 Å². The molecule has 9 aliphatic heterocycles. The number of nitrogens with zero attached hydrogens (tertiary/aromatic N) is 9. The fourth-order valence-electron chi connectivity index (χ4n) is 22.5. The van der Waals surface area contributed by atoms with Crippen LogP contribution in [0.1, 0.15) is 439 Å². The van der Waals surface area contributed by atoms with E-state index in [-0.39, 0.29) is 0 Å². The Morgan fingerprint density at radius 3 is 0.858 bits per heavy atom. The first-order valence-corrected chi connectivity index (χ1v) is 56.7. The van der Waals surface area contributed by atoms with Crippen LogP contribution in [0.4, 0.5) is 34.1 Å². The zero-order valence-corrected chi connectivity index (χ0v) is 96.5. The van der Waals surface area contributed by atoms with E-state index in [2.05, 4.69) is 457 Å². The summed E-state index contributed by atoms with van der Waals surface area (Å²) in [5.41, 5.74) is 41.0. The molecule has 9 aromatic rings. The van der Waals surface area contributed by atoms with Crippen LogP contribution in [0.15, 0.2) is 164 Å². The number of hydrogen-bond acceptors (Lipinski definition) is 9. The van der Waals surface area contributed by atoms with Crippen LogP contribution < -0.4 is 29.4 Å². The van der Waals surface area contributed by atoms with Gasteiger partial charge in [-0.15, -0.1) is 0 Å². The van der Waals surface area contributed by atoms with E-state index in [1.54, 1.807) is 55.6 Å². The lowest BCUT2D eigenvalue weighted by atomic mass is 9.89. The summed E-state index contributed by atoms with van der Waals surface area (Å²) in [5, 5.41) is 0. The molecule has 9 heterocycles. The second-order valence-corrected chi connectivity index (χ2v) is 47.9. The minimum Gasteiger partial charge on any atom is -0.369 e. The monoisotopic (exact) mass is 1910 g/mol. The highest BCUT2D eigenvalue weighted by atomic mass is 15.2. The van der Waals surface area contributed by atoms with Crippen LogP contribution in [0.2, 0.25) is 0 Å². The molecular formula is C132H201N9. The normalized spacial score (nSPS) is 16.0. The van der Waals surface area contributed by atoms with Crippen LogP contribution in [0.25, 0.3) is 0 Å². The highest BCUT2D eigenvalue weighted by Crippen LogP contribution is 2.41. The predicted molar refractivity (Wildman–Crippen MR) is 623 cm³/mol. The van der Waals surface area contributed by atoms with Gasteiger partial charge < -0.3 is 29.4 Å². The Bertz CT molecular complexity index is 5300. The van der Waals surface area contributed by atoms with Crippen LogP contribution in [0.5, 0.6) is 0 Å². The number of hydrogen-bond donors (Lipinski definition) is 0. The lowest BCUT2D eigenvalue weighted by Crippen LogP contribution is -2.36. The second-order valence-electron chi connectivity index (χ2n) is 47.9. The Hall–Kier alpha value is -8.34. The Morgan fingerprint density at radius 1 is 0.163 bits per heavy atom. The van der Waals surface area contributed by atoms with Crippen molar-refractivity contribution in [3.8, 4) is 0 Å². The first kappa shape index (κ1) is 115. The van der Waals surface area contributed by atoms with E-state index in [4.69, 9.17) is 0 Å². The summed E-state index contributed by atoms with van der Waals surface area (Å²) in [5.74, 6) is 5.76. The van der Waals surface area contributed by atoms with Gasteiger partial charge >= 0.3 is 0 Å². The van der Waals surface area contributed by atoms with E-state index in [1.807, 2.05) is 0 Å². The molecule has 0 bridgehead atoms. The number of aryl methyl sites for hydroxylation is 2. The van der Waals surface area contributed by atoms with Gasteiger partial charge in [0.1, 0.15) is 0 Å². The van der Waals surface area contributed by atoms with Gasteiger partial charge in [-0.2, -0.15) is 0 Å². The predicted octanol–water partition coefficient (Wildman–Crippen LogP) is 33.4. The quantitative estimate of drug-likeness (QED) is 0.0833. The Kier molecular flexibility index (Phi) is 43.6.